The number of nitriles is 1. The van der Waals surface area contributed by atoms with Crippen molar-refractivity contribution in [3.8, 4) is 6.07 Å². The fourth-order valence-electron chi connectivity index (χ4n) is 2.37. The average molecular weight is 324 g/mol. The third-order valence-corrected chi connectivity index (χ3v) is 5.32. The fraction of sp³-hybridized carbons (Fsp3) is 0.0588. The molecule has 0 aliphatic carbocycles. The number of aryl methyl sites for hydroxylation is 1. The van der Waals surface area contributed by atoms with Gasteiger partial charge >= 0.3 is 0 Å². The Morgan fingerprint density at radius 2 is 1.91 bits per heavy atom. The molecule has 0 amide bonds. The van der Waals surface area contributed by atoms with Crippen molar-refractivity contribution < 1.29 is 8.42 Å². The molecule has 2 aromatic carbocycles. The average Bonchev–Trinajstić information content (AvgIpc) is 2.55. The lowest BCUT2D eigenvalue weighted by Crippen LogP contribution is -2.16. The molecule has 0 spiro atoms. The van der Waals surface area contributed by atoms with E-state index in [2.05, 4.69) is 4.98 Å². The van der Waals surface area contributed by atoms with Crippen LogP contribution in [-0.4, -0.2) is 13.4 Å². The zero-order valence-electron chi connectivity index (χ0n) is 12.2. The summed E-state index contributed by atoms with van der Waals surface area (Å²) in [6.45, 7) is 1.83. The molecule has 0 aliphatic heterocycles. The molecule has 1 aromatic heterocycles. The highest BCUT2D eigenvalue weighted by Crippen LogP contribution is 2.20. The van der Waals surface area contributed by atoms with Crippen LogP contribution in [-0.2, 0) is 9.84 Å². The van der Waals surface area contributed by atoms with Gasteiger partial charge in [-0.05, 0) is 37.3 Å². The Labute approximate surface area is 132 Å². The summed E-state index contributed by atoms with van der Waals surface area (Å²) in [5.74, 6) is 0. The molecule has 3 rings (SSSR count). The molecule has 23 heavy (non-hydrogen) atoms. The Hall–Kier alpha value is -2.91. The molecule has 1 heterocycles. The molecule has 0 radical (unpaired) electrons. The summed E-state index contributed by atoms with van der Waals surface area (Å²) >= 11 is 0. The molecule has 0 aliphatic rings. The zero-order chi connectivity index (χ0) is 16.6. The highest BCUT2D eigenvalue weighted by molar-refractivity contribution is 7.91. The highest BCUT2D eigenvalue weighted by Gasteiger charge is 2.22. The monoisotopic (exact) mass is 324 g/mol. The SMILES string of the molecule is Cc1ccc2[nH]cc(S(=O)(=O)c3cccc(C#N)c3)c(=O)c2c1. The molecule has 6 heteroatoms. The van der Waals surface area contributed by atoms with E-state index in [1.54, 1.807) is 12.1 Å². The van der Waals surface area contributed by atoms with Gasteiger partial charge in [-0.2, -0.15) is 5.26 Å². The number of pyridine rings is 1. The topological polar surface area (TPSA) is 90.8 Å². The van der Waals surface area contributed by atoms with Crippen molar-refractivity contribution >= 4 is 20.7 Å². The predicted molar refractivity (Wildman–Crippen MR) is 85.9 cm³/mol. The van der Waals surface area contributed by atoms with E-state index >= 15 is 0 Å². The van der Waals surface area contributed by atoms with Crippen molar-refractivity contribution in [2.75, 3.05) is 0 Å². The highest BCUT2D eigenvalue weighted by atomic mass is 32.2. The normalized spacial score (nSPS) is 11.3. The minimum Gasteiger partial charge on any atom is -0.360 e. The van der Waals surface area contributed by atoms with Crippen LogP contribution in [0.15, 0.2) is 63.2 Å². The van der Waals surface area contributed by atoms with E-state index in [4.69, 9.17) is 5.26 Å². The smallest absolute Gasteiger partial charge is 0.211 e. The van der Waals surface area contributed by atoms with Crippen molar-refractivity contribution in [1.82, 2.24) is 4.98 Å². The molecule has 0 fully saturated rings. The first-order valence-corrected chi connectivity index (χ1v) is 8.29. The van der Waals surface area contributed by atoms with Gasteiger partial charge in [-0.15, -0.1) is 0 Å². The summed E-state index contributed by atoms with van der Waals surface area (Å²) in [6, 6.07) is 12.7. The van der Waals surface area contributed by atoms with Gasteiger partial charge in [-0.25, -0.2) is 8.42 Å². The fourth-order valence-corrected chi connectivity index (χ4v) is 3.73. The summed E-state index contributed by atoms with van der Waals surface area (Å²) in [7, 11) is -4.00. The molecule has 0 bridgehead atoms. The van der Waals surface area contributed by atoms with Crippen LogP contribution < -0.4 is 5.43 Å². The van der Waals surface area contributed by atoms with Crippen LogP contribution >= 0.6 is 0 Å². The lowest BCUT2D eigenvalue weighted by atomic mass is 10.1. The number of aromatic nitrogens is 1. The number of hydrogen-bond acceptors (Lipinski definition) is 4. The number of benzene rings is 2. The summed E-state index contributed by atoms with van der Waals surface area (Å²) in [4.78, 5) is 15.0. The van der Waals surface area contributed by atoms with E-state index in [1.165, 1.54) is 30.5 Å². The van der Waals surface area contributed by atoms with E-state index in [0.717, 1.165) is 5.56 Å². The predicted octanol–water partition coefficient (Wildman–Crippen LogP) is 2.54. The number of fused-ring (bicyclic) bond motifs is 1. The standard InChI is InChI=1S/C17H12N2O3S/c1-11-5-6-15-14(7-11)17(20)16(10-19-15)23(21,22)13-4-2-3-12(8-13)9-18/h2-8,10H,1H3,(H,19,20). The van der Waals surface area contributed by atoms with Gasteiger partial charge in [0, 0.05) is 17.1 Å². The Kier molecular flexibility index (Phi) is 3.51. The van der Waals surface area contributed by atoms with Crippen LogP contribution in [0.5, 0.6) is 0 Å². The van der Waals surface area contributed by atoms with Gasteiger partial charge in [0.1, 0.15) is 4.90 Å². The molecule has 1 N–H and O–H groups in total. The van der Waals surface area contributed by atoms with Crippen molar-refractivity contribution in [3.05, 3.63) is 70.0 Å². The van der Waals surface area contributed by atoms with Crippen molar-refractivity contribution in [2.24, 2.45) is 0 Å². The molecular formula is C17H12N2O3S. The van der Waals surface area contributed by atoms with Gasteiger partial charge in [0.05, 0.1) is 16.5 Å². The van der Waals surface area contributed by atoms with E-state index in [1.807, 2.05) is 19.1 Å². The molecule has 3 aromatic rings. The molecule has 0 unspecified atom stereocenters. The largest absolute Gasteiger partial charge is 0.360 e. The van der Waals surface area contributed by atoms with Crippen LogP contribution in [0.3, 0.4) is 0 Å². The lowest BCUT2D eigenvalue weighted by Gasteiger charge is -2.06. The summed E-state index contributed by atoms with van der Waals surface area (Å²) in [5.41, 5.74) is 1.11. The van der Waals surface area contributed by atoms with Gasteiger partial charge in [0.25, 0.3) is 0 Å². The molecule has 0 saturated heterocycles. The lowest BCUT2D eigenvalue weighted by molar-refractivity contribution is 0.595. The zero-order valence-corrected chi connectivity index (χ0v) is 13.0. The second-order valence-corrected chi connectivity index (χ2v) is 7.09. The Morgan fingerprint density at radius 1 is 1.13 bits per heavy atom. The number of H-pyrrole nitrogens is 1. The first kappa shape index (κ1) is 15.0. The molecular weight excluding hydrogens is 312 g/mol. The van der Waals surface area contributed by atoms with E-state index < -0.39 is 15.3 Å². The van der Waals surface area contributed by atoms with E-state index in [9.17, 15) is 13.2 Å². The first-order valence-electron chi connectivity index (χ1n) is 6.81. The molecule has 114 valence electrons. The van der Waals surface area contributed by atoms with Crippen LogP contribution in [0, 0.1) is 18.3 Å². The maximum absolute atomic E-state index is 12.7. The number of nitrogens with one attached hydrogen (secondary N) is 1. The summed E-state index contributed by atoms with van der Waals surface area (Å²) in [6.07, 6.45) is 1.20. The number of sulfone groups is 1. The van der Waals surface area contributed by atoms with Crippen LogP contribution in [0.2, 0.25) is 0 Å². The third-order valence-electron chi connectivity index (χ3n) is 3.57. The second kappa shape index (κ2) is 5.38. The van der Waals surface area contributed by atoms with Crippen LogP contribution in [0.1, 0.15) is 11.1 Å². The maximum Gasteiger partial charge on any atom is 0.211 e. The van der Waals surface area contributed by atoms with Crippen molar-refractivity contribution in [1.29, 1.82) is 5.26 Å². The van der Waals surface area contributed by atoms with Gasteiger partial charge < -0.3 is 4.98 Å². The van der Waals surface area contributed by atoms with Crippen molar-refractivity contribution in [2.45, 2.75) is 16.7 Å². The molecule has 0 saturated carbocycles. The third kappa shape index (κ3) is 2.51. The summed E-state index contributed by atoms with van der Waals surface area (Å²) in [5, 5.41) is 9.23. The van der Waals surface area contributed by atoms with Crippen molar-refractivity contribution in [3.63, 3.8) is 0 Å². The Morgan fingerprint density at radius 3 is 2.65 bits per heavy atom. The quantitative estimate of drug-likeness (QED) is 0.784. The van der Waals surface area contributed by atoms with E-state index in [0.29, 0.717) is 10.9 Å². The maximum atomic E-state index is 12.7. The van der Waals surface area contributed by atoms with Gasteiger partial charge in [0.2, 0.25) is 15.3 Å². The molecule has 0 atom stereocenters. The van der Waals surface area contributed by atoms with E-state index in [-0.39, 0.29) is 15.4 Å². The van der Waals surface area contributed by atoms with Gasteiger partial charge in [-0.3, -0.25) is 4.79 Å². The molecule has 5 nitrogen and oxygen atoms in total. The van der Waals surface area contributed by atoms with Crippen LogP contribution in [0.25, 0.3) is 10.9 Å². The summed E-state index contributed by atoms with van der Waals surface area (Å²) < 4.78 is 25.4. The van der Waals surface area contributed by atoms with Crippen LogP contribution in [0.4, 0.5) is 0 Å². The Bertz CT molecular complexity index is 1120. The second-order valence-electron chi connectivity index (χ2n) is 5.17. The number of nitrogens with zero attached hydrogens (tertiary/aromatic N) is 1. The minimum atomic E-state index is -4.00. The number of aromatic amines is 1. The van der Waals surface area contributed by atoms with Gasteiger partial charge in [0.15, 0.2) is 0 Å². The number of hydrogen-bond donors (Lipinski definition) is 1. The Balaban J connectivity index is 2.29. The first-order chi connectivity index (χ1) is 10.9. The van der Waals surface area contributed by atoms with Gasteiger partial charge in [-0.1, -0.05) is 17.7 Å². The number of rotatable bonds is 2. The minimum absolute atomic E-state index is 0.0750.